The van der Waals surface area contributed by atoms with E-state index in [0.717, 1.165) is 11.1 Å². The fourth-order valence-electron chi connectivity index (χ4n) is 1.31. The van der Waals surface area contributed by atoms with E-state index >= 15 is 0 Å². The first-order valence-corrected chi connectivity index (χ1v) is 6.29. The van der Waals surface area contributed by atoms with Crippen LogP contribution in [-0.2, 0) is 16.6 Å². The van der Waals surface area contributed by atoms with E-state index in [-0.39, 0.29) is 4.90 Å². The van der Waals surface area contributed by atoms with Gasteiger partial charge in [-0.15, -0.1) is 0 Å². The Morgan fingerprint density at radius 1 is 1.40 bits per heavy atom. The summed E-state index contributed by atoms with van der Waals surface area (Å²) >= 11 is 0. The summed E-state index contributed by atoms with van der Waals surface area (Å²) in [6.07, 6.45) is 0. The Morgan fingerprint density at radius 2 is 2.07 bits per heavy atom. The average Bonchev–Trinajstić information content (AvgIpc) is 2.18. The topological polar surface area (TPSA) is 72.2 Å². The van der Waals surface area contributed by atoms with Crippen molar-refractivity contribution < 1.29 is 8.42 Å². The van der Waals surface area contributed by atoms with E-state index in [4.69, 9.17) is 5.73 Å². The van der Waals surface area contributed by atoms with Gasteiger partial charge in [-0.2, -0.15) is 0 Å². The summed E-state index contributed by atoms with van der Waals surface area (Å²) in [6.45, 7) is 4.39. The molecule has 0 aliphatic heterocycles. The molecule has 1 aromatic rings. The molecule has 3 N–H and O–H groups in total. The zero-order chi connectivity index (χ0) is 11.5. The van der Waals surface area contributed by atoms with Crippen molar-refractivity contribution in [2.24, 2.45) is 5.73 Å². The highest BCUT2D eigenvalue weighted by Crippen LogP contribution is 2.14. The van der Waals surface area contributed by atoms with Gasteiger partial charge in [0.2, 0.25) is 10.0 Å². The Morgan fingerprint density at radius 3 is 2.60 bits per heavy atom. The Bertz CT molecular complexity index is 441. The number of nitrogens with two attached hydrogens (primary N) is 1. The second-order valence-corrected chi connectivity index (χ2v) is 5.06. The van der Waals surface area contributed by atoms with Gasteiger partial charge in [-0.1, -0.05) is 13.0 Å². The molecule has 1 aromatic carbocycles. The molecule has 0 fully saturated rings. The van der Waals surface area contributed by atoms with Crippen molar-refractivity contribution in [3.8, 4) is 0 Å². The molecule has 4 nitrogen and oxygen atoms in total. The molecule has 0 saturated heterocycles. The Balaban J connectivity index is 3.17. The van der Waals surface area contributed by atoms with Gasteiger partial charge in [-0.3, -0.25) is 0 Å². The lowest BCUT2D eigenvalue weighted by molar-refractivity contribution is 0.584. The largest absolute Gasteiger partial charge is 0.326 e. The van der Waals surface area contributed by atoms with Crippen molar-refractivity contribution in [1.82, 2.24) is 4.72 Å². The molecule has 0 atom stereocenters. The maximum atomic E-state index is 11.7. The number of benzene rings is 1. The van der Waals surface area contributed by atoms with Gasteiger partial charge >= 0.3 is 0 Å². The molecule has 0 amide bonds. The van der Waals surface area contributed by atoms with Gasteiger partial charge in [0.15, 0.2) is 0 Å². The van der Waals surface area contributed by atoms with Crippen LogP contribution < -0.4 is 10.5 Å². The monoisotopic (exact) mass is 228 g/mol. The summed E-state index contributed by atoms with van der Waals surface area (Å²) in [4.78, 5) is 0.274. The molecule has 5 heteroatoms. The van der Waals surface area contributed by atoms with Crippen LogP contribution in [0.4, 0.5) is 0 Å². The minimum Gasteiger partial charge on any atom is -0.326 e. The third-order valence-corrected chi connectivity index (χ3v) is 3.73. The molecule has 15 heavy (non-hydrogen) atoms. The first-order chi connectivity index (χ1) is 7.01. The highest BCUT2D eigenvalue weighted by molar-refractivity contribution is 7.89. The van der Waals surface area contributed by atoms with Crippen LogP contribution >= 0.6 is 0 Å². The minimum atomic E-state index is -3.37. The molecule has 0 radical (unpaired) electrons. The van der Waals surface area contributed by atoms with Crippen molar-refractivity contribution in [2.45, 2.75) is 25.3 Å². The standard InChI is InChI=1S/C10H16N2O2S/c1-3-12-15(13,14)10-5-4-8(2)9(6-10)7-11/h4-6,12H,3,7,11H2,1-2H3. The van der Waals surface area contributed by atoms with E-state index in [2.05, 4.69) is 4.72 Å². The van der Waals surface area contributed by atoms with Gasteiger partial charge < -0.3 is 5.73 Å². The Labute approximate surface area is 90.5 Å². The van der Waals surface area contributed by atoms with Gasteiger partial charge in [0.05, 0.1) is 4.90 Å². The highest BCUT2D eigenvalue weighted by atomic mass is 32.2. The molecule has 84 valence electrons. The normalized spacial score (nSPS) is 11.7. The Kier molecular flexibility index (Phi) is 3.84. The predicted molar refractivity (Wildman–Crippen MR) is 59.9 cm³/mol. The molecular formula is C10H16N2O2S. The molecule has 0 heterocycles. The SMILES string of the molecule is CCNS(=O)(=O)c1ccc(C)c(CN)c1. The van der Waals surface area contributed by atoms with E-state index in [0.29, 0.717) is 13.1 Å². The second kappa shape index (κ2) is 4.74. The molecule has 0 aliphatic carbocycles. The van der Waals surface area contributed by atoms with E-state index in [1.165, 1.54) is 0 Å². The minimum absolute atomic E-state index is 0.274. The summed E-state index contributed by atoms with van der Waals surface area (Å²) in [7, 11) is -3.37. The van der Waals surface area contributed by atoms with Crippen molar-refractivity contribution >= 4 is 10.0 Å². The van der Waals surface area contributed by atoms with Crippen LogP contribution in [0.5, 0.6) is 0 Å². The number of aryl methyl sites for hydroxylation is 1. The summed E-state index contributed by atoms with van der Waals surface area (Å²) in [5, 5.41) is 0. The third kappa shape index (κ3) is 2.77. The molecule has 1 rings (SSSR count). The predicted octanol–water partition coefficient (Wildman–Crippen LogP) is 0.752. The third-order valence-electron chi connectivity index (χ3n) is 2.19. The number of hydrogen-bond acceptors (Lipinski definition) is 3. The molecule has 0 saturated carbocycles. The maximum Gasteiger partial charge on any atom is 0.240 e. The molecule has 0 aromatic heterocycles. The fourth-order valence-corrected chi connectivity index (χ4v) is 2.40. The van der Waals surface area contributed by atoms with Crippen molar-refractivity contribution in [3.05, 3.63) is 29.3 Å². The van der Waals surface area contributed by atoms with Crippen LogP contribution in [0.25, 0.3) is 0 Å². The van der Waals surface area contributed by atoms with Crippen LogP contribution in [0.1, 0.15) is 18.1 Å². The summed E-state index contributed by atoms with van der Waals surface area (Å²) in [5.41, 5.74) is 7.38. The van der Waals surface area contributed by atoms with Crippen molar-refractivity contribution in [3.63, 3.8) is 0 Å². The van der Waals surface area contributed by atoms with E-state index < -0.39 is 10.0 Å². The van der Waals surface area contributed by atoms with Crippen molar-refractivity contribution in [1.29, 1.82) is 0 Å². The number of rotatable bonds is 4. The quantitative estimate of drug-likeness (QED) is 0.799. The van der Waals surface area contributed by atoms with Crippen LogP contribution in [0.2, 0.25) is 0 Å². The van der Waals surface area contributed by atoms with E-state index in [9.17, 15) is 8.42 Å². The van der Waals surface area contributed by atoms with E-state index in [1.807, 2.05) is 6.92 Å². The number of hydrogen-bond donors (Lipinski definition) is 2. The Hall–Kier alpha value is -0.910. The zero-order valence-corrected chi connectivity index (χ0v) is 9.76. The zero-order valence-electron chi connectivity index (χ0n) is 8.95. The van der Waals surface area contributed by atoms with Crippen LogP contribution in [0, 0.1) is 6.92 Å². The molecular weight excluding hydrogens is 212 g/mol. The van der Waals surface area contributed by atoms with Gasteiger partial charge in [0, 0.05) is 13.1 Å². The fraction of sp³-hybridized carbons (Fsp3) is 0.400. The van der Waals surface area contributed by atoms with Crippen LogP contribution in [0.15, 0.2) is 23.1 Å². The van der Waals surface area contributed by atoms with Gasteiger partial charge in [-0.25, -0.2) is 13.1 Å². The smallest absolute Gasteiger partial charge is 0.240 e. The highest BCUT2D eigenvalue weighted by Gasteiger charge is 2.13. The summed E-state index contributed by atoms with van der Waals surface area (Å²) in [6, 6.07) is 4.98. The van der Waals surface area contributed by atoms with Gasteiger partial charge in [0.25, 0.3) is 0 Å². The second-order valence-electron chi connectivity index (χ2n) is 3.29. The maximum absolute atomic E-state index is 11.7. The van der Waals surface area contributed by atoms with Crippen LogP contribution in [0.3, 0.4) is 0 Å². The molecule has 0 bridgehead atoms. The lowest BCUT2D eigenvalue weighted by Crippen LogP contribution is -2.23. The lowest BCUT2D eigenvalue weighted by atomic mass is 10.1. The molecule has 0 unspecified atom stereocenters. The number of sulfonamides is 1. The average molecular weight is 228 g/mol. The molecule has 0 aliphatic rings. The summed E-state index contributed by atoms with van der Waals surface area (Å²) < 4.78 is 25.8. The van der Waals surface area contributed by atoms with Crippen molar-refractivity contribution in [2.75, 3.05) is 6.54 Å². The van der Waals surface area contributed by atoms with E-state index in [1.54, 1.807) is 25.1 Å². The first-order valence-electron chi connectivity index (χ1n) is 4.80. The first kappa shape index (κ1) is 12.2. The molecule has 0 spiro atoms. The summed E-state index contributed by atoms with van der Waals surface area (Å²) in [5.74, 6) is 0. The van der Waals surface area contributed by atoms with Gasteiger partial charge in [-0.05, 0) is 30.2 Å². The number of nitrogens with one attached hydrogen (secondary N) is 1. The van der Waals surface area contributed by atoms with Crippen LogP contribution in [-0.4, -0.2) is 15.0 Å². The lowest BCUT2D eigenvalue weighted by Gasteiger charge is -2.08. The van der Waals surface area contributed by atoms with Gasteiger partial charge in [0.1, 0.15) is 0 Å².